The lowest BCUT2D eigenvalue weighted by Crippen LogP contribution is -2.29. The maximum absolute atomic E-state index is 13.4. The first-order valence-corrected chi connectivity index (χ1v) is 17.7. The minimum Gasteiger partial charge on any atom is -0.469 e. The molecule has 3 rings (SSSR count). The summed E-state index contributed by atoms with van der Waals surface area (Å²) in [6.45, 7) is 14.0. The number of carbonyl (C=O) groups excluding carboxylic acids is 3. The van der Waals surface area contributed by atoms with Crippen LogP contribution in [0, 0.1) is 24.2 Å². The quantitative estimate of drug-likeness (QED) is 0.0823. The lowest BCUT2D eigenvalue weighted by atomic mass is 9.66. The van der Waals surface area contributed by atoms with Gasteiger partial charge in [0.25, 0.3) is 0 Å². The van der Waals surface area contributed by atoms with E-state index in [1.54, 1.807) is 0 Å². The number of carbonyl (C=O) groups is 3. The van der Waals surface area contributed by atoms with E-state index in [1.807, 2.05) is 20.8 Å². The van der Waals surface area contributed by atoms with E-state index >= 15 is 0 Å². The number of Topliss-reactive ketones (excluding diaryl/α,β-unsaturated/α-hetero) is 1. The Morgan fingerprint density at radius 3 is 1.71 bits per heavy atom. The van der Waals surface area contributed by atoms with Crippen LogP contribution in [0.4, 0.5) is 0 Å². The molecule has 0 fully saturated rings. The second-order valence-electron chi connectivity index (χ2n) is 15.5. The summed E-state index contributed by atoms with van der Waals surface area (Å²) in [4.78, 5) is 38.6. The second kappa shape index (κ2) is 17.6. The van der Waals surface area contributed by atoms with Gasteiger partial charge in [-0.2, -0.15) is 0 Å². The number of methoxy groups -OCH3 is 1. The molecular weight excluding hydrogens is 596 g/mol. The van der Waals surface area contributed by atoms with Gasteiger partial charge in [0.2, 0.25) is 0 Å². The summed E-state index contributed by atoms with van der Waals surface area (Å²) in [5.74, 6) is -1.00. The lowest BCUT2D eigenvalue weighted by Gasteiger charge is -2.36. The molecule has 0 N–H and O–H groups in total. The molecule has 0 saturated heterocycles. The molecule has 48 heavy (non-hydrogen) atoms. The van der Waals surface area contributed by atoms with Crippen molar-refractivity contribution in [3.05, 3.63) is 107 Å². The van der Waals surface area contributed by atoms with Gasteiger partial charge < -0.3 is 9.47 Å². The highest BCUT2D eigenvalue weighted by atomic mass is 16.6. The van der Waals surface area contributed by atoms with Crippen molar-refractivity contribution in [2.24, 2.45) is 17.3 Å². The van der Waals surface area contributed by atoms with Crippen LogP contribution in [0.5, 0.6) is 0 Å². The Balaban J connectivity index is 1.69. The van der Waals surface area contributed by atoms with Gasteiger partial charge in [0.15, 0.2) is 0 Å². The first kappa shape index (κ1) is 38.7. The molecule has 5 nitrogen and oxygen atoms in total. The number of hydrogen-bond donors (Lipinski definition) is 0. The van der Waals surface area contributed by atoms with Crippen molar-refractivity contribution in [3.8, 4) is 0 Å². The second-order valence-corrected chi connectivity index (χ2v) is 15.5. The summed E-state index contributed by atoms with van der Waals surface area (Å²) in [7, 11) is 1.40. The molecule has 0 bridgehead atoms. The number of aryl methyl sites for hydroxylation is 1. The largest absolute Gasteiger partial charge is 0.469 e. The number of rotatable bonds is 17. The van der Waals surface area contributed by atoms with Crippen molar-refractivity contribution < 1.29 is 23.9 Å². The molecule has 5 heteroatoms. The molecule has 0 spiro atoms. The molecule has 0 aromatic heterocycles. The van der Waals surface area contributed by atoms with Gasteiger partial charge in [-0.3, -0.25) is 14.4 Å². The normalized spacial score (nSPS) is 13.4. The third-order valence-corrected chi connectivity index (χ3v) is 9.51. The van der Waals surface area contributed by atoms with Gasteiger partial charge in [0.05, 0.1) is 13.0 Å². The van der Waals surface area contributed by atoms with Crippen molar-refractivity contribution in [2.75, 3.05) is 7.11 Å². The van der Waals surface area contributed by atoms with E-state index in [1.165, 1.54) is 29.4 Å². The van der Waals surface area contributed by atoms with Gasteiger partial charge in [-0.1, -0.05) is 131 Å². The van der Waals surface area contributed by atoms with Gasteiger partial charge in [-0.05, 0) is 75.0 Å². The van der Waals surface area contributed by atoms with Crippen molar-refractivity contribution in [2.45, 2.75) is 117 Å². The predicted octanol–water partition coefficient (Wildman–Crippen LogP) is 10.2. The minimum absolute atomic E-state index is 0.00156. The van der Waals surface area contributed by atoms with Crippen LogP contribution in [-0.4, -0.2) is 30.4 Å². The van der Waals surface area contributed by atoms with E-state index in [-0.39, 0.29) is 47.3 Å². The van der Waals surface area contributed by atoms with Crippen LogP contribution >= 0.6 is 0 Å². The molecule has 0 unspecified atom stereocenters. The Hall–Kier alpha value is -3.73. The number of unbranched alkanes of at least 4 members (excludes halogenated alkanes) is 2. The highest BCUT2D eigenvalue weighted by molar-refractivity contribution is 5.84. The van der Waals surface area contributed by atoms with Crippen molar-refractivity contribution in [3.63, 3.8) is 0 Å². The Kier molecular flexibility index (Phi) is 14.2. The van der Waals surface area contributed by atoms with Gasteiger partial charge in [0.1, 0.15) is 11.4 Å². The summed E-state index contributed by atoms with van der Waals surface area (Å²) < 4.78 is 10.6. The van der Waals surface area contributed by atoms with Gasteiger partial charge in [0, 0.05) is 24.7 Å². The van der Waals surface area contributed by atoms with Crippen LogP contribution in [0.15, 0.2) is 84.9 Å². The standard InChI is InChI=1S/C43H58O5/c1-32-23-25-36(26-24-32)43(34-19-13-9-14-20-34,35-21-15-10-16-22-35)29-17-11-12-18-33(40(46)47-8)30-38(44)31-37(41(2,3)4)27-28-39(45)48-42(5,6)7/h9-10,13-16,19-26,33,37H,11-12,17-18,27-31H2,1-8H3/t33-,37-/m1/s1. The van der Waals surface area contributed by atoms with Crippen molar-refractivity contribution in [1.29, 1.82) is 0 Å². The van der Waals surface area contributed by atoms with Gasteiger partial charge in [-0.15, -0.1) is 0 Å². The Morgan fingerprint density at radius 1 is 0.667 bits per heavy atom. The van der Waals surface area contributed by atoms with Crippen LogP contribution in [0.3, 0.4) is 0 Å². The average molecular weight is 655 g/mol. The van der Waals surface area contributed by atoms with E-state index in [2.05, 4.69) is 113 Å². The number of ketones is 1. The fourth-order valence-corrected chi connectivity index (χ4v) is 6.80. The fourth-order valence-electron chi connectivity index (χ4n) is 6.80. The summed E-state index contributed by atoms with van der Waals surface area (Å²) in [6.07, 6.45) is 5.54. The maximum atomic E-state index is 13.4. The average Bonchev–Trinajstić information content (AvgIpc) is 3.04. The third-order valence-electron chi connectivity index (χ3n) is 9.51. The molecule has 0 heterocycles. The molecule has 0 saturated carbocycles. The van der Waals surface area contributed by atoms with Crippen LogP contribution in [0.1, 0.15) is 122 Å². The molecule has 0 aliphatic heterocycles. The minimum atomic E-state index is -0.539. The van der Waals surface area contributed by atoms with E-state index in [4.69, 9.17) is 9.47 Å². The van der Waals surface area contributed by atoms with E-state index in [0.29, 0.717) is 19.3 Å². The summed E-state index contributed by atoms with van der Waals surface area (Å²) >= 11 is 0. The SMILES string of the molecule is COC(=O)[C@H](CCCCCC(c1ccccc1)(c1ccccc1)c1ccc(C)cc1)CC(=O)C[C@@H](CCC(=O)OC(C)(C)C)C(C)(C)C. The summed E-state index contributed by atoms with van der Waals surface area (Å²) in [6, 6.07) is 30.4. The lowest BCUT2D eigenvalue weighted by molar-refractivity contribution is -0.155. The van der Waals surface area contributed by atoms with Gasteiger partial charge in [-0.25, -0.2) is 0 Å². The molecule has 260 valence electrons. The predicted molar refractivity (Wildman–Crippen MR) is 195 cm³/mol. The number of ether oxygens (including phenoxy) is 2. The molecule has 3 aromatic rings. The molecule has 0 radical (unpaired) electrons. The Morgan fingerprint density at radius 2 is 1.21 bits per heavy atom. The zero-order valence-corrected chi connectivity index (χ0v) is 30.6. The van der Waals surface area contributed by atoms with Crippen LogP contribution in [0.25, 0.3) is 0 Å². The zero-order valence-electron chi connectivity index (χ0n) is 30.6. The Labute approximate surface area is 289 Å². The van der Waals surface area contributed by atoms with Crippen LogP contribution in [0.2, 0.25) is 0 Å². The van der Waals surface area contributed by atoms with Crippen LogP contribution < -0.4 is 0 Å². The number of esters is 2. The first-order chi connectivity index (χ1) is 22.7. The zero-order chi connectivity index (χ0) is 35.4. The molecule has 0 aliphatic rings. The first-order valence-electron chi connectivity index (χ1n) is 17.7. The topological polar surface area (TPSA) is 69.7 Å². The van der Waals surface area contributed by atoms with E-state index < -0.39 is 11.5 Å². The molecule has 2 atom stereocenters. The number of hydrogen-bond acceptors (Lipinski definition) is 5. The highest BCUT2D eigenvalue weighted by Crippen LogP contribution is 2.44. The highest BCUT2D eigenvalue weighted by Gasteiger charge is 2.36. The molecule has 3 aromatic carbocycles. The maximum Gasteiger partial charge on any atom is 0.309 e. The van der Waals surface area contributed by atoms with Crippen molar-refractivity contribution in [1.82, 2.24) is 0 Å². The van der Waals surface area contributed by atoms with Gasteiger partial charge >= 0.3 is 11.9 Å². The smallest absolute Gasteiger partial charge is 0.309 e. The Bertz CT molecular complexity index is 1390. The molecule has 0 amide bonds. The number of benzene rings is 3. The summed E-state index contributed by atoms with van der Waals surface area (Å²) in [5.41, 5.74) is 4.01. The fraction of sp³-hybridized carbons (Fsp3) is 0.512. The van der Waals surface area contributed by atoms with E-state index in [0.717, 1.165) is 25.7 Å². The monoisotopic (exact) mass is 654 g/mol. The van der Waals surface area contributed by atoms with Crippen molar-refractivity contribution >= 4 is 17.7 Å². The third kappa shape index (κ3) is 11.5. The van der Waals surface area contributed by atoms with E-state index in [9.17, 15) is 14.4 Å². The molecular formula is C43H58O5. The molecule has 0 aliphatic carbocycles. The van der Waals surface area contributed by atoms with Crippen LogP contribution in [-0.2, 0) is 29.3 Å². The summed E-state index contributed by atoms with van der Waals surface area (Å²) in [5, 5.41) is 0.